The zero-order valence-corrected chi connectivity index (χ0v) is 13.5. The lowest BCUT2D eigenvalue weighted by Crippen LogP contribution is -2.36. The first kappa shape index (κ1) is 14.9. The highest BCUT2D eigenvalue weighted by Crippen LogP contribution is 2.29. The van der Waals surface area contributed by atoms with Crippen LogP contribution in [0.4, 0.5) is 5.69 Å². The summed E-state index contributed by atoms with van der Waals surface area (Å²) in [7, 11) is -3.15. The molecule has 5 heteroatoms. The van der Waals surface area contributed by atoms with Gasteiger partial charge in [-0.25, -0.2) is 8.42 Å². The first-order valence-electron chi connectivity index (χ1n) is 7.86. The zero-order valence-electron chi connectivity index (χ0n) is 12.6. The van der Waals surface area contributed by atoms with Crippen molar-refractivity contribution in [1.29, 1.82) is 0 Å². The Morgan fingerprint density at radius 2 is 2.05 bits per heavy atom. The van der Waals surface area contributed by atoms with Gasteiger partial charge < -0.3 is 5.32 Å². The number of nitrogens with one attached hydrogen (secondary N) is 1. The third-order valence-electron chi connectivity index (χ3n) is 4.68. The molecule has 1 aromatic rings. The van der Waals surface area contributed by atoms with Crippen LogP contribution in [0.15, 0.2) is 18.2 Å². The predicted molar refractivity (Wildman–Crippen MR) is 85.8 cm³/mol. The molecule has 1 heterocycles. The van der Waals surface area contributed by atoms with E-state index in [9.17, 15) is 8.42 Å². The quantitative estimate of drug-likeness (QED) is 0.934. The van der Waals surface area contributed by atoms with Crippen LogP contribution in [-0.4, -0.2) is 31.6 Å². The fourth-order valence-electron chi connectivity index (χ4n) is 3.51. The second kappa shape index (κ2) is 5.97. The van der Waals surface area contributed by atoms with E-state index in [1.165, 1.54) is 18.4 Å². The van der Waals surface area contributed by atoms with E-state index in [0.717, 1.165) is 24.1 Å². The molecule has 116 valence electrons. The Kier molecular flexibility index (Phi) is 4.22. The summed E-state index contributed by atoms with van der Waals surface area (Å²) >= 11 is 0. The fourth-order valence-corrected chi connectivity index (χ4v) is 5.35. The van der Waals surface area contributed by atoms with Crippen LogP contribution in [0, 0.1) is 12.8 Å². The summed E-state index contributed by atoms with van der Waals surface area (Å²) in [6, 6.07) is 6.09. The molecule has 21 heavy (non-hydrogen) atoms. The third-order valence-corrected chi connectivity index (χ3v) is 6.67. The Hall–Kier alpha value is -1.07. The summed E-state index contributed by atoms with van der Waals surface area (Å²) in [6.07, 6.45) is 4.51. The van der Waals surface area contributed by atoms with Gasteiger partial charge in [-0.15, -0.1) is 0 Å². The van der Waals surface area contributed by atoms with Gasteiger partial charge in [0.05, 0.1) is 5.75 Å². The van der Waals surface area contributed by atoms with E-state index in [2.05, 4.69) is 18.3 Å². The number of hydrogen-bond donors (Lipinski definition) is 1. The number of rotatable bonds is 3. The Labute approximate surface area is 127 Å². The molecule has 0 amide bonds. The van der Waals surface area contributed by atoms with Crippen LogP contribution in [0.3, 0.4) is 0 Å². The molecule has 0 unspecified atom stereocenters. The average Bonchev–Trinajstić information content (AvgIpc) is 2.81. The highest BCUT2D eigenvalue weighted by atomic mass is 32.2. The van der Waals surface area contributed by atoms with Gasteiger partial charge in [0.25, 0.3) is 0 Å². The molecule has 4 nitrogen and oxygen atoms in total. The van der Waals surface area contributed by atoms with E-state index in [1.54, 1.807) is 4.31 Å². The largest absolute Gasteiger partial charge is 0.383 e. The highest BCUT2D eigenvalue weighted by Gasteiger charge is 2.29. The fraction of sp³-hybridized carbons (Fsp3) is 0.625. The molecule has 1 aliphatic carbocycles. The normalized spacial score (nSPS) is 20.8. The average molecular weight is 308 g/mol. The number of benzene rings is 1. The van der Waals surface area contributed by atoms with Gasteiger partial charge in [-0.05, 0) is 36.8 Å². The summed E-state index contributed by atoms with van der Waals surface area (Å²) in [5.41, 5.74) is 3.38. The maximum atomic E-state index is 12.7. The molecule has 0 bridgehead atoms. The minimum absolute atomic E-state index is 0.328. The molecule has 1 aromatic carbocycles. The highest BCUT2D eigenvalue weighted by molar-refractivity contribution is 7.89. The van der Waals surface area contributed by atoms with E-state index >= 15 is 0 Å². The lowest BCUT2D eigenvalue weighted by atomic mass is 10.1. The summed E-state index contributed by atoms with van der Waals surface area (Å²) in [4.78, 5) is 0. The molecular formula is C16H24N2O2S. The van der Waals surface area contributed by atoms with Gasteiger partial charge in [-0.3, -0.25) is 0 Å². The smallest absolute Gasteiger partial charge is 0.214 e. The first-order chi connectivity index (χ1) is 10.1. The number of sulfonamides is 1. The van der Waals surface area contributed by atoms with Gasteiger partial charge in [0.1, 0.15) is 0 Å². The number of anilines is 1. The molecule has 1 saturated carbocycles. The van der Waals surface area contributed by atoms with Crippen LogP contribution in [0.1, 0.15) is 36.8 Å². The second-order valence-corrected chi connectivity index (χ2v) is 8.31. The van der Waals surface area contributed by atoms with Crippen molar-refractivity contribution in [3.8, 4) is 0 Å². The van der Waals surface area contributed by atoms with E-state index in [-0.39, 0.29) is 0 Å². The first-order valence-corrected chi connectivity index (χ1v) is 9.47. The van der Waals surface area contributed by atoms with Gasteiger partial charge >= 0.3 is 0 Å². The third kappa shape index (κ3) is 3.24. The van der Waals surface area contributed by atoms with Crippen molar-refractivity contribution in [3.63, 3.8) is 0 Å². The van der Waals surface area contributed by atoms with Gasteiger partial charge in [0.2, 0.25) is 10.0 Å². The molecule has 1 fully saturated rings. The van der Waals surface area contributed by atoms with Gasteiger partial charge in [-0.1, -0.05) is 31.0 Å². The van der Waals surface area contributed by atoms with Crippen LogP contribution in [0.2, 0.25) is 0 Å². The Morgan fingerprint density at radius 1 is 1.29 bits per heavy atom. The van der Waals surface area contributed by atoms with Crippen LogP contribution in [0.5, 0.6) is 0 Å². The van der Waals surface area contributed by atoms with Crippen molar-refractivity contribution < 1.29 is 8.42 Å². The summed E-state index contributed by atoms with van der Waals surface area (Å²) in [6.45, 7) is 3.80. The number of aryl methyl sites for hydroxylation is 1. The van der Waals surface area contributed by atoms with Crippen LogP contribution < -0.4 is 5.32 Å². The standard InChI is InChI=1S/C16H24N2O2S/c1-13-5-4-8-15-11-18(10-9-17-16(13)15)21(19,20)12-14-6-2-3-7-14/h4-5,8,14,17H,2-3,6-7,9-12H2,1H3. The van der Waals surface area contributed by atoms with Crippen LogP contribution >= 0.6 is 0 Å². The van der Waals surface area contributed by atoms with Crippen LogP contribution in [0.25, 0.3) is 0 Å². The van der Waals surface area contributed by atoms with Crippen molar-refractivity contribution in [3.05, 3.63) is 29.3 Å². The Bertz CT molecular complexity index is 607. The van der Waals surface area contributed by atoms with E-state index < -0.39 is 10.0 Å². The van der Waals surface area contributed by atoms with E-state index in [0.29, 0.717) is 31.3 Å². The van der Waals surface area contributed by atoms with Gasteiger partial charge in [-0.2, -0.15) is 4.31 Å². The van der Waals surface area contributed by atoms with E-state index in [1.807, 2.05) is 12.1 Å². The predicted octanol–water partition coefficient (Wildman–Crippen LogP) is 2.74. The van der Waals surface area contributed by atoms with Crippen molar-refractivity contribution in [2.75, 3.05) is 24.2 Å². The van der Waals surface area contributed by atoms with Crippen molar-refractivity contribution in [2.45, 2.75) is 39.2 Å². The second-order valence-electron chi connectivity index (χ2n) is 6.30. The molecule has 0 saturated heterocycles. The maximum absolute atomic E-state index is 12.7. The summed E-state index contributed by atoms with van der Waals surface area (Å²) in [5.74, 6) is 0.692. The summed E-state index contributed by atoms with van der Waals surface area (Å²) in [5, 5.41) is 3.38. The number of fused-ring (bicyclic) bond motifs is 1. The Morgan fingerprint density at radius 3 is 2.81 bits per heavy atom. The van der Waals surface area contributed by atoms with Crippen LogP contribution in [-0.2, 0) is 16.6 Å². The molecule has 0 atom stereocenters. The van der Waals surface area contributed by atoms with Crippen molar-refractivity contribution in [1.82, 2.24) is 4.31 Å². The molecule has 1 N–H and O–H groups in total. The van der Waals surface area contributed by atoms with E-state index in [4.69, 9.17) is 0 Å². The van der Waals surface area contributed by atoms with Crippen molar-refractivity contribution in [2.24, 2.45) is 5.92 Å². The lowest BCUT2D eigenvalue weighted by molar-refractivity contribution is 0.415. The van der Waals surface area contributed by atoms with Gasteiger partial charge in [0, 0.05) is 25.3 Å². The van der Waals surface area contributed by atoms with Gasteiger partial charge in [0.15, 0.2) is 0 Å². The SMILES string of the molecule is Cc1cccc2c1NCCN(S(=O)(=O)CC1CCCC1)C2. The summed E-state index contributed by atoms with van der Waals surface area (Å²) < 4.78 is 27.0. The number of hydrogen-bond acceptors (Lipinski definition) is 3. The monoisotopic (exact) mass is 308 g/mol. The minimum atomic E-state index is -3.15. The Balaban J connectivity index is 1.79. The molecule has 0 radical (unpaired) electrons. The zero-order chi connectivity index (χ0) is 14.9. The number of para-hydroxylation sites is 1. The number of nitrogens with zero attached hydrogens (tertiary/aromatic N) is 1. The molecule has 1 aliphatic heterocycles. The molecular weight excluding hydrogens is 284 g/mol. The maximum Gasteiger partial charge on any atom is 0.214 e. The minimum Gasteiger partial charge on any atom is -0.383 e. The molecule has 2 aliphatic rings. The van der Waals surface area contributed by atoms with Crippen molar-refractivity contribution >= 4 is 15.7 Å². The molecule has 0 aromatic heterocycles. The topological polar surface area (TPSA) is 49.4 Å². The lowest BCUT2D eigenvalue weighted by Gasteiger charge is -2.22. The molecule has 3 rings (SSSR count). The molecule has 0 spiro atoms.